The van der Waals surface area contributed by atoms with E-state index in [2.05, 4.69) is 26.1 Å². The van der Waals surface area contributed by atoms with E-state index in [0.29, 0.717) is 11.3 Å². The van der Waals surface area contributed by atoms with Crippen molar-refractivity contribution in [3.8, 4) is 0 Å². The molecule has 1 rings (SSSR count). The van der Waals surface area contributed by atoms with Gasteiger partial charge in [0.05, 0.1) is 0 Å². The fraction of sp³-hybridized carbons (Fsp3) is 0.917. The molecule has 3 nitrogen and oxygen atoms in total. The molecule has 0 aromatic rings. The zero-order valence-electron chi connectivity index (χ0n) is 10.7. The van der Waals surface area contributed by atoms with Crippen LogP contribution >= 0.6 is 12.4 Å². The monoisotopic (exact) mass is 248 g/mol. The van der Waals surface area contributed by atoms with Crippen molar-refractivity contribution in [2.75, 3.05) is 26.2 Å². The minimum atomic E-state index is 0. The second-order valence-electron chi connectivity index (χ2n) is 5.58. The van der Waals surface area contributed by atoms with Crippen molar-refractivity contribution in [2.45, 2.75) is 40.0 Å². The lowest BCUT2D eigenvalue weighted by Crippen LogP contribution is -2.31. The Morgan fingerprint density at radius 2 is 2.06 bits per heavy atom. The van der Waals surface area contributed by atoms with Crippen molar-refractivity contribution in [3.63, 3.8) is 0 Å². The van der Waals surface area contributed by atoms with Crippen LogP contribution in [0, 0.1) is 5.41 Å². The van der Waals surface area contributed by atoms with Crippen molar-refractivity contribution in [2.24, 2.45) is 5.41 Å². The Balaban J connectivity index is 0.00000225. The van der Waals surface area contributed by atoms with Gasteiger partial charge in [0.2, 0.25) is 5.91 Å². The standard InChI is InChI=1S/C12H24N2O.ClH/c1-12(2,3)10-13-7-5-9-14-8-4-6-11(14)15;/h13H,4-10H2,1-3H3;1H. The third kappa shape index (κ3) is 6.33. The van der Waals surface area contributed by atoms with Gasteiger partial charge in [0.25, 0.3) is 0 Å². The lowest BCUT2D eigenvalue weighted by atomic mass is 9.97. The van der Waals surface area contributed by atoms with Gasteiger partial charge < -0.3 is 10.2 Å². The Bertz CT molecular complexity index is 214. The van der Waals surface area contributed by atoms with Gasteiger partial charge in [0.15, 0.2) is 0 Å². The average Bonchev–Trinajstić information content (AvgIpc) is 2.49. The highest BCUT2D eigenvalue weighted by Gasteiger charge is 2.18. The van der Waals surface area contributed by atoms with E-state index in [4.69, 9.17) is 0 Å². The number of hydrogen-bond acceptors (Lipinski definition) is 2. The molecule has 0 spiro atoms. The molecule has 96 valence electrons. The predicted molar refractivity (Wildman–Crippen MR) is 70.0 cm³/mol. The maximum atomic E-state index is 11.3. The van der Waals surface area contributed by atoms with Crippen LogP contribution in [0.25, 0.3) is 0 Å². The first-order valence-corrected chi connectivity index (χ1v) is 5.97. The lowest BCUT2D eigenvalue weighted by Gasteiger charge is -2.20. The Kier molecular flexibility index (Phi) is 7.00. The van der Waals surface area contributed by atoms with Crippen molar-refractivity contribution < 1.29 is 4.79 Å². The maximum absolute atomic E-state index is 11.3. The summed E-state index contributed by atoms with van der Waals surface area (Å²) in [6, 6.07) is 0. The van der Waals surface area contributed by atoms with Gasteiger partial charge in [-0.25, -0.2) is 0 Å². The molecule has 1 aliphatic rings. The van der Waals surface area contributed by atoms with Crippen LogP contribution in [0.15, 0.2) is 0 Å². The molecule has 1 aliphatic heterocycles. The molecule has 0 saturated carbocycles. The summed E-state index contributed by atoms with van der Waals surface area (Å²) in [5.74, 6) is 0.339. The first-order valence-electron chi connectivity index (χ1n) is 5.97. The summed E-state index contributed by atoms with van der Waals surface area (Å²) in [5.41, 5.74) is 0.351. The van der Waals surface area contributed by atoms with E-state index in [1.54, 1.807) is 0 Å². The quantitative estimate of drug-likeness (QED) is 0.756. The summed E-state index contributed by atoms with van der Waals surface area (Å²) >= 11 is 0. The first-order chi connectivity index (χ1) is 6.99. The zero-order valence-corrected chi connectivity index (χ0v) is 11.5. The van der Waals surface area contributed by atoms with Gasteiger partial charge in [0, 0.05) is 19.5 Å². The Morgan fingerprint density at radius 3 is 2.56 bits per heavy atom. The van der Waals surface area contributed by atoms with E-state index < -0.39 is 0 Å². The summed E-state index contributed by atoms with van der Waals surface area (Å²) in [7, 11) is 0. The van der Waals surface area contributed by atoms with E-state index in [1.165, 1.54) is 0 Å². The Morgan fingerprint density at radius 1 is 1.38 bits per heavy atom. The molecular weight excluding hydrogens is 224 g/mol. The highest BCUT2D eigenvalue weighted by Crippen LogP contribution is 2.11. The molecule has 4 heteroatoms. The van der Waals surface area contributed by atoms with Crippen LogP contribution < -0.4 is 5.32 Å². The van der Waals surface area contributed by atoms with Crippen molar-refractivity contribution in [1.29, 1.82) is 0 Å². The molecule has 0 aliphatic carbocycles. The largest absolute Gasteiger partial charge is 0.343 e. The van der Waals surface area contributed by atoms with Gasteiger partial charge in [0.1, 0.15) is 0 Å². The first kappa shape index (κ1) is 15.7. The minimum Gasteiger partial charge on any atom is -0.343 e. The van der Waals surface area contributed by atoms with Crippen LogP contribution in [-0.4, -0.2) is 37.0 Å². The predicted octanol–water partition coefficient (Wildman–Crippen LogP) is 2.06. The van der Waals surface area contributed by atoms with E-state index in [9.17, 15) is 4.79 Å². The van der Waals surface area contributed by atoms with Gasteiger partial charge in [-0.05, 0) is 31.3 Å². The number of halogens is 1. The van der Waals surface area contributed by atoms with Gasteiger partial charge in [-0.3, -0.25) is 4.79 Å². The number of nitrogens with one attached hydrogen (secondary N) is 1. The Labute approximate surface area is 105 Å². The molecule has 1 N–H and O–H groups in total. The molecule has 1 amide bonds. The van der Waals surface area contributed by atoms with Crippen LogP contribution in [0.2, 0.25) is 0 Å². The molecule has 0 radical (unpaired) electrons. The molecular formula is C12H25ClN2O. The van der Waals surface area contributed by atoms with E-state index in [-0.39, 0.29) is 12.4 Å². The molecule has 1 heterocycles. The van der Waals surface area contributed by atoms with Crippen LogP contribution in [-0.2, 0) is 4.79 Å². The highest BCUT2D eigenvalue weighted by molar-refractivity contribution is 5.85. The van der Waals surface area contributed by atoms with E-state index >= 15 is 0 Å². The number of likely N-dealkylation sites (tertiary alicyclic amines) is 1. The summed E-state index contributed by atoms with van der Waals surface area (Å²) < 4.78 is 0. The third-order valence-electron chi connectivity index (χ3n) is 2.61. The number of carbonyl (C=O) groups excluding carboxylic acids is 1. The van der Waals surface area contributed by atoms with Crippen molar-refractivity contribution in [3.05, 3.63) is 0 Å². The molecule has 16 heavy (non-hydrogen) atoms. The fourth-order valence-electron chi connectivity index (χ4n) is 1.80. The van der Waals surface area contributed by atoms with Crippen molar-refractivity contribution >= 4 is 18.3 Å². The van der Waals surface area contributed by atoms with Gasteiger partial charge in [-0.15, -0.1) is 12.4 Å². The highest BCUT2D eigenvalue weighted by atomic mass is 35.5. The smallest absolute Gasteiger partial charge is 0.222 e. The average molecular weight is 249 g/mol. The molecule has 1 saturated heterocycles. The third-order valence-corrected chi connectivity index (χ3v) is 2.61. The molecule has 1 fully saturated rings. The molecule has 0 atom stereocenters. The molecule has 0 aromatic carbocycles. The molecule has 0 unspecified atom stereocenters. The van der Waals surface area contributed by atoms with Crippen LogP contribution in [0.5, 0.6) is 0 Å². The summed E-state index contributed by atoms with van der Waals surface area (Å²) in [5, 5.41) is 3.43. The normalized spacial score (nSPS) is 16.4. The summed E-state index contributed by atoms with van der Waals surface area (Å²) in [6.45, 7) is 10.6. The number of hydrogen-bond donors (Lipinski definition) is 1. The number of carbonyl (C=O) groups is 1. The molecule has 0 bridgehead atoms. The van der Waals surface area contributed by atoms with Crippen molar-refractivity contribution in [1.82, 2.24) is 10.2 Å². The maximum Gasteiger partial charge on any atom is 0.222 e. The second-order valence-corrected chi connectivity index (χ2v) is 5.58. The zero-order chi connectivity index (χ0) is 11.3. The summed E-state index contributed by atoms with van der Waals surface area (Å²) in [4.78, 5) is 13.3. The van der Waals surface area contributed by atoms with Crippen LogP contribution in [0.3, 0.4) is 0 Å². The van der Waals surface area contributed by atoms with Crippen LogP contribution in [0.1, 0.15) is 40.0 Å². The van der Waals surface area contributed by atoms with Gasteiger partial charge in [-0.1, -0.05) is 20.8 Å². The minimum absolute atomic E-state index is 0. The Hall–Kier alpha value is -0.280. The van der Waals surface area contributed by atoms with E-state index in [0.717, 1.165) is 45.4 Å². The lowest BCUT2D eigenvalue weighted by molar-refractivity contribution is -0.127. The second kappa shape index (κ2) is 7.13. The number of nitrogens with zero attached hydrogens (tertiary/aromatic N) is 1. The van der Waals surface area contributed by atoms with E-state index in [1.807, 2.05) is 4.90 Å². The number of rotatable bonds is 5. The number of amides is 1. The van der Waals surface area contributed by atoms with Gasteiger partial charge in [-0.2, -0.15) is 0 Å². The van der Waals surface area contributed by atoms with Crippen LogP contribution in [0.4, 0.5) is 0 Å². The topological polar surface area (TPSA) is 32.3 Å². The molecule has 0 aromatic heterocycles. The van der Waals surface area contributed by atoms with Gasteiger partial charge >= 0.3 is 0 Å². The summed E-state index contributed by atoms with van der Waals surface area (Å²) in [6.07, 6.45) is 2.88. The SMILES string of the molecule is CC(C)(C)CNCCCN1CCCC1=O.Cl. The fourth-order valence-corrected chi connectivity index (χ4v) is 1.80.